The van der Waals surface area contributed by atoms with Crippen LogP contribution in [0.25, 0.3) is 0 Å². The van der Waals surface area contributed by atoms with Gasteiger partial charge < -0.3 is 5.32 Å². The van der Waals surface area contributed by atoms with Gasteiger partial charge in [0.2, 0.25) is 0 Å². The second-order valence-corrected chi connectivity index (χ2v) is 6.10. The minimum absolute atomic E-state index is 0.197. The van der Waals surface area contributed by atoms with Gasteiger partial charge in [-0.25, -0.2) is 0 Å². The zero-order chi connectivity index (χ0) is 14.5. The van der Waals surface area contributed by atoms with Crippen LogP contribution in [0.1, 0.15) is 29.8 Å². The molecule has 2 aromatic rings. The summed E-state index contributed by atoms with van der Waals surface area (Å²) in [6.07, 6.45) is 2.75. The summed E-state index contributed by atoms with van der Waals surface area (Å²) in [6.45, 7) is 5.05. The minimum atomic E-state index is 0.197. The van der Waals surface area contributed by atoms with E-state index < -0.39 is 0 Å². The lowest BCUT2D eigenvalue weighted by Gasteiger charge is -2.20. The van der Waals surface area contributed by atoms with Crippen molar-refractivity contribution in [3.8, 4) is 0 Å². The summed E-state index contributed by atoms with van der Waals surface area (Å²) in [4.78, 5) is 4.49. The molecule has 0 saturated heterocycles. The number of hydrogen-bond acceptors (Lipinski definition) is 2. The zero-order valence-corrected chi connectivity index (χ0v) is 14.0. The first kappa shape index (κ1) is 15.5. The Bertz CT molecular complexity index is 569. The van der Waals surface area contributed by atoms with Gasteiger partial charge in [0.15, 0.2) is 0 Å². The Kier molecular flexibility index (Phi) is 5.58. The standard InChI is InChI=1S/C16H18BrClN2/c1-3-19-16(9-13-6-4-11(2)10-20-13)14-8-12(18)5-7-15(14)17/h4-8,10,16,19H,3,9H2,1-2H3. The molecule has 1 aromatic heterocycles. The summed E-state index contributed by atoms with van der Waals surface area (Å²) in [5.74, 6) is 0. The second-order valence-electron chi connectivity index (χ2n) is 4.81. The van der Waals surface area contributed by atoms with Crippen LogP contribution in [0.3, 0.4) is 0 Å². The Balaban J connectivity index is 2.26. The van der Waals surface area contributed by atoms with Crippen molar-refractivity contribution in [2.75, 3.05) is 6.54 Å². The molecule has 0 spiro atoms. The lowest BCUT2D eigenvalue weighted by molar-refractivity contribution is 0.542. The molecule has 1 N–H and O–H groups in total. The highest BCUT2D eigenvalue weighted by atomic mass is 79.9. The number of rotatable bonds is 5. The van der Waals surface area contributed by atoms with Gasteiger partial charge in [0.25, 0.3) is 0 Å². The first-order valence-electron chi connectivity index (χ1n) is 6.70. The van der Waals surface area contributed by atoms with Gasteiger partial charge in [-0.15, -0.1) is 0 Å². The highest BCUT2D eigenvalue weighted by Gasteiger charge is 2.15. The number of pyridine rings is 1. The van der Waals surface area contributed by atoms with Crippen LogP contribution in [0.2, 0.25) is 5.02 Å². The molecule has 0 fully saturated rings. The first-order chi connectivity index (χ1) is 9.60. The van der Waals surface area contributed by atoms with E-state index in [2.05, 4.69) is 45.3 Å². The monoisotopic (exact) mass is 352 g/mol. The van der Waals surface area contributed by atoms with E-state index in [0.717, 1.165) is 28.2 Å². The Morgan fingerprint density at radius 1 is 1.30 bits per heavy atom. The van der Waals surface area contributed by atoms with Crippen LogP contribution >= 0.6 is 27.5 Å². The molecule has 0 radical (unpaired) electrons. The van der Waals surface area contributed by atoms with Crippen molar-refractivity contribution in [1.82, 2.24) is 10.3 Å². The fourth-order valence-electron chi connectivity index (χ4n) is 2.15. The molecule has 0 amide bonds. The maximum Gasteiger partial charge on any atom is 0.0422 e. The number of likely N-dealkylation sites (N-methyl/N-ethyl adjacent to an activating group) is 1. The zero-order valence-electron chi connectivity index (χ0n) is 11.7. The molecule has 20 heavy (non-hydrogen) atoms. The smallest absolute Gasteiger partial charge is 0.0422 e. The maximum atomic E-state index is 6.12. The highest BCUT2D eigenvalue weighted by molar-refractivity contribution is 9.10. The second kappa shape index (κ2) is 7.21. The fourth-order valence-corrected chi connectivity index (χ4v) is 2.85. The average molecular weight is 354 g/mol. The van der Waals surface area contributed by atoms with Gasteiger partial charge in [0, 0.05) is 33.8 Å². The van der Waals surface area contributed by atoms with Gasteiger partial charge >= 0.3 is 0 Å². The van der Waals surface area contributed by atoms with Crippen LogP contribution in [0, 0.1) is 6.92 Å². The average Bonchev–Trinajstić information content (AvgIpc) is 2.43. The quantitative estimate of drug-likeness (QED) is 0.843. The van der Waals surface area contributed by atoms with E-state index in [-0.39, 0.29) is 6.04 Å². The van der Waals surface area contributed by atoms with Gasteiger partial charge in [-0.2, -0.15) is 0 Å². The molecule has 106 valence electrons. The van der Waals surface area contributed by atoms with Gasteiger partial charge in [-0.05, 0) is 48.9 Å². The van der Waals surface area contributed by atoms with E-state index in [4.69, 9.17) is 11.6 Å². The molecule has 1 atom stereocenters. The number of benzene rings is 1. The lowest BCUT2D eigenvalue weighted by atomic mass is 10.0. The third-order valence-electron chi connectivity index (χ3n) is 3.17. The van der Waals surface area contributed by atoms with Crippen molar-refractivity contribution < 1.29 is 0 Å². The Morgan fingerprint density at radius 2 is 2.10 bits per heavy atom. The van der Waals surface area contributed by atoms with Gasteiger partial charge in [0.1, 0.15) is 0 Å². The number of hydrogen-bond donors (Lipinski definition) is 1. The van der Waals surface area contributed by atoms with E-state index in [1.807, 2.05) is 31.3 Å². The number of aromatic nitrogens is 1. The molecule has 0 aliphatic carbocycles. The normalized spacial score (nSPS) is 12.4. The first-order valence-corrected chi connectivity index (χ1v) is 7.87. The minimum Gasteiger partial charge on any atom is -0.310 e. The third kappa shape index (κ3) is 4.05. The lowest BCUT2D eigenvalue weighted by Crippen LogP contribution is -2.23. The number of nitrogens with one attached hydrogen (secondary N) is 1. The summed E-state index contributed by atoms with van der Waals surface area (Å²) in [7, 11) is 0. The summed E-state index contributed by atoms with van der Waals surface area (Å²) < 4.78 is 1.07. The largest absolute Gasteiger partial charge is 0.310 e. The topological polar surface area (TPSA) is 24.9 Å². The summed E-state index contributed by atoms with van der Waals surface area (Å²) in [6, 6.07) is 10.3. The van der Waals surface area contributed by atoms with Crippen LogP contribution in [0.15, 0.2) is 41.0 Å². The van der Waals surface area contributed by atoms with Crippen LogP contribution in [0.4, 0.5) is 0 Å². The Morgan fingerprint density at radius 3 is 2.75 bits per heavy atom. The van der Waals surface area contributed by atoms with Crippen molar-refractivity contribution in [2.45, 2.75) is 26.3 Å². The van der Waals surface area contributed by atoms with Crippen molar-refractivity contribution in [3.63, 3.8) is 0 Å². The fraction of sp³-hybridized carbons (Fsp3) is 0.312. The molecule has 1 unspecified atom stereocenters. The van der Waals surface area contributed by atoms with Crippen molar-refractivity contribution in [1.29, 1.82) is 0 Å². The van der Waals surface area contributed by atoms with E-state index in [0.29, 0.717) is 0 Å². The molecule has 0 aliphatic rings. The van der Waals surface area contributed by atoms with Crippen molar-refractivity contribution in [3.05, 3.63) is 62.8 Å². The predicted octanol–water partition coefficient (Wildman–Crippen LogP) is 4.70. The van der Waals surface area contributed by atoms with E-state index in [9.17, 15) is 0 Å². The number of aryl methyl sites for hydroxylation is 1. The molecule has 0 saturated carbocycles. The number of nitrogens with zero attached hydrogens (tertiary/aromatic N) is 1. The summed E-state index contributed by atoms with van der Waals surface area (Å²) in [5.41, 5.74) is 3.42. The summed E-state index contributed by atoms with van der Waals surface area (Å²) >= 11 is 9.73. The highest BCUT2D eigenvalue weighted by Crippen LogP contribution is 2.28. The van der Waals surface area contributed by atoms with Crippen molar-refractivity contribution in [2.24, 2.45) is 0 Å². The van der Waals surface area contributed by atoms with Crippen molar-refractivity contribution >= 4 is 27.5 Å². The number of halogens is 2. The van der Waals surface area contributed by atoms with Crippen LogP contribution in [-0.4, -0.2) is 11.5 Å². The van der Waals surface area contributed by atoms with Crippen LogP contribution in [0.5, 0.6) is 0 Å². The predicted molar refractivity (Wildman–Crippen MR) is 88.2 cm³/mol. The molecular formula is C16H18BrClN2. The Labute approximate surface area is 133 Å². The Hall–Kier alpha value is -0.900. The molecule has 1 heterocycles. The van der Waals surface area contributed by atoms with E-state index in [1.165, 1.54) is 11.1 Å². The SMILES string of the molecule is CCNC(Cc1ccc(C)cn1)c1cc(Cl)ccc1Br. The summed E-state index contributed by atoms with van der Waals surface area (Å²) in [5, 5.41) is 4.25. The van der Waals surface area contributed by atoms with Gasteiger partial charge in [0.05, 0.1) is 0 Å². The molecule has 1 aromatic carbocycles. The molecule has 2 nitrogen and oxygen atoms in total. The molecule has 4 heteroatoms. The van der Waals surface area contributed by atoms with Gasteiger partial charge in [-0.1, -0.05) is 40.5 Å². The van der Waals surface area contributed by atoms with Gasteiger partial charge in [-0.3, -0.25) is 4.98 Å². The molecule has 2 rings (SSSR count). The molecular weight excluding hydrogens is 336 g/mol. The van der Waals surface area contributed by atoms with E-state index in [1.54, 1.807) is 0 Å². The van der Waals surface area contributed by atoms with Crippen LogP contribution in [-0.2, 0) is 6.42 Å². The maximum absolute atomic E-state index is 6.12. The van der Waals surface area contributed by atoms with Crippen LogP contribution < -0.4 is 5.32 Å². The molecule has 0 aliphatic heterocycles. The van der Waals surface area contributed by atoms with E-state index >= 15 is 0 Å². The molecule has 0 bridgehead atoms. The third-order valence-corrected chi connectivity index (χ3v) is 4.13.